The van der Waals surface area contributed by atoms with Gasteiger partial charge in [-0.1, -0.05) is 30.3 Å². The summed E-state index contributed by atoms with van der Waals surface area (Å²) in [5.74, 6) is -2.34. The van der Waals surface area contributed by atoms with E-state index >= 15 is 0 Å². The minimum absolute atomic E-state index is 0.0638. The van der Waals surface area contributed by atoms with Crippen LogP contribution in [-0.4, -0.2) is 65.0 Å². The van der Waals surface area contributed by atoms with Crippen LogP contribution in [0.4, 0.5) is 0 Å². The van der Waals surface area contributed by atoms with E-state index in [9.17, 15) is 19.2 Å². The first-order chi connectivity index (χ1) is 20.4. The van der Waals surface area contributed by atoms with Crippen LogP contribution in [0, 0.1) is 12.8 Å². The lowest BCUT2D eigenvalue weighted by atomic mass is 9.86. The van der Waals surface area contributed by atoms with E-state index in [4.69, 9.17) is 18.9 Å². The van der Waals surface area contributed by atoms with Gasteiger partial charge in [0.05, 0.1) is 31.7 Å². The fraction of sp³-hybridized carbons (Fsp3) is 0.455. The zero-order chi connectivity index (χ0) is 31.2. The van der Waals surface area contributed by atoms with Crippen LogP contribution in [0.5, 0.6) is 11.5 Å². The van der Waals surface area contributed by atoms with Crippen molar-refractivity contribution in [1.29, 1.82) is 0 Å². The second-order valence-electron chi connectivity index (χ2n) is 12.1. The number of amides is 1. The SMILES string of the molecule is CCOC(=O)[C@@H]1c2c(cc(C)c(OC)c2OC(C)=O)C=C2[C@@H]3[C@H](C(=O)OC(C)(C)C)C[C@@H](C(=O)N21)N3Cc1ccccc1. The average molecular weight is 591 g/mol. The van der Waals surface area contributed by atoms with Gasteiger partial charge in [-0.05, 0) is 69.9 Å². The number of esters is 3. The monoisotopic (exact) mass is 590 g/mol. The fourth-order valence-corrected chi connectivity index (χ4v) is 6.46. The third kappa shape index (κ3) is 5.51. The zero-order valence-corrected chi connectivity index (χ0v) is 25.6. The normalized spacial score (nSPS) is 22.7. The van der Waals surface area contributed by atoms with Crippen molar-refractivity contribution in [2.45, 2.75) is 78.2 Å². The molecule has 10 nitrogen and oxygen atoms in total. The largest absolute Gasteiger partial charge is 0.493 e. The number of aryl methyl sites for hydroxylation is 1. The molecule has 3 aliphatic rings. The summed E-state index contributed by atoms with van der Waals surface area (Å²) in [6.07, 6.45) is 2.04. The van der Waals surface area contributed by atoms with Crippen molar-refractivity contribution in [1.82, 2.24) is 9.80 Å². The first-order valence-corrected chi connectivity index (χ1v) is 14.5. The second kappa shape index (κ2) is 11.5. The molecule has 0 N–H and O–H groups in total. The minimum Gasteiger partial charge on any atom is -0.493 e. The molecule has 0 aromatic heterocycles. The predicted molar refractivity (Wildman–Crippen MR) is 157 cm³/mol. The molecule has 10 heteroatoms. The number of piperazine rings is 1. The maximum atomic E-state index is 14.5. The molecule has 4 atom stereocenters. The first kappa shape index (κ1) is 30.3. The molecule has 43 heavy (non-hydrogen) atoms. The molecule has 1 amide bonds. The van der Waals surface area contributed by atoms with E-state index in [0.717, 1.165) is 5.56 Å². The summed E-state index contributed by atoms with van der Waals surface area (Å²) in [6.45, 7) is 10.7. The number of nitrogens with zero attached hydrogens (tertiary/aromatic N) is 2. The van der Waals surface area contributed by atoms with Gasteiger partial charge in [-0.25, -0.2) is 4.79 Å². The highest BCUT2D eigenvalue weighted by atomic mass is 16.6. The van der Waals surface area contributed by atoms with E-state index in [1.807, 2.05) is 68.1 Å². The lowest BCUT2D eigenvalue weighted by molar-refractivity contribution is -0.161. The van der Waals surface area contributed by atoms with E-state index in [1.54, 1.807) is 13.8 Å². The second-order valence-corrected chi connectivity index (χ2v) is 12.1. The van der Waals surface area contributed by atoms with Gasteiger partial charge in [-0.2, -0.15) is 0 Å². The van der Waals surface area contributed by atoms with Gasteiger partial charge in [0.2, 0.25) is 5.91 Å². The summed E-state index contributed by atoms with van der Waals surface area (Å²) in [7, 11) is 1.45. The Morgan fingerprint density at radius 2 is 1.74 bits per heavy atom. The summed E-state index contributed by atoms with van der Waals surface area (Å²) in [4.78, 5) is 57.7. The van der Waals surface area contributed by atoms with Gasteiger partial charge in [-0.15, -0.1) is 0 Å². The molecule has 3 aliphatic heterocycles. The molecular formula is C33H38N2O8. The maximum Gasteiger partial charge on any atom is 0.334 e. The van der Waals surface area contributed by atoms with Crippen LogP contribution in [0.15, 0.2) is 42.1 Å². The number of benzene rings is 2. The molecule has 0 unspecified atom stereocenters. The molecule has 0 radical (unpaired) electrons. The van der Waals surface area contributed by atoms with Crippen molar-refractivity contribution < 1.29 is 38.1 Å². The van der Waals surface area contributed by atoms with Crippen molar-refractivity contribution in [3.63, 3.8) is 0 Å². The molecular weight excluding hydrogens is 552 g/mol. The fourth-order valence-electron chi connectivity index (χ4n) is 6.46. The molecule has 5 rings (SSSR count). The lowest BCUT2D eigenvalue weighted by Gasteiger charge is -2.47. The summed E-state index contributed by atoms with van der Waals surface area (Å²) in [5, 5.41) is 0. The third-order valence-corrected chi connectivity index (χ3v) is 7.92. The van der Waals surface area contributed by atoms with Gasteiger partial charge in [0.25, 0.3) is 0 Å². The van der Waals surface area contributed by atoms with Crippen LogP contribution in [0.25, 0.3) is 6.08 Å². The van der Waals surface area contributed by atoms with Crippen molar-refractivity contribution in [3.05, 3.63) is 64.3 Å². The summed E-state index contributed by atoms with van der Waals surface area (Å²) in [5.41, 5.74) is 2.30. The number of carbonyl (C=O) groups is 4. The number of ether oxygens (including phenoxy) is 4. The number of carbonyl (C=O) groups excluding carboxylic acids is 4. The highest BCUT2D eigenvalue weighted by Crippen LogP contribution is 2.53. The summed E-state index contributed by atoms with van der Waals surface area (Å²) >= 11 is 0. The number of hydrogen-bond donors (Lipinski definition) is 0. The van der Waals surface area contributed by atoms with Crippen LogP contribution in [0.1, 0.15) is 69.3 Å². The van der Waals surface area contributed by atoms with E-state index in [1.165, 1.54) is 18.9 Å². The number of rotatable bonds is 7. The molecule has 0 aliphatic carbocycles. The van der Waals surface area contributed by atoms with E-state index in [0.29, 0.717) is 28.9 Å². The summed E-state index contributed by atoms with van der Waals surface area (Å²) in [6, 6.07) is 9.04. The van der Waals surface area contributed by atoms with Gasteiger partial charge < -0.3 is 18.9 Å². The van der Waals surface area contributed by atoms with Crippen LogP contribution in [0.3, 0.4) is 0 Å². The average Bonchev–Trinajstić information content (AvgIpc) is 3.24. The van der Waals surface area contributed by atoms with Crippen LogP contribution in [0.2, 0.25) is 0 Å². The van der Waals surface area contributed by atoms with Crippen molar-refractivity contribution in [2.75, 3.05) is 13.7 Å². The van der Waals surface area contributed by atoms with Crippen LogP contribution >= 0.6 is 0 Å². The molecule has 2 fully saturated rings. The minimum atomic E-state index is -1.26. The highest BCUT2D eigenvalue weighted by Gasteiger charge is 2.60. The van der Waals surface area contributed by atoms with Gasteiger partial charge >= 0.3 is 17.9 Å². The Bertz CT molecular complexity index is 1490. The standard InChI is InChI=1S/C33H38N2O8/c1-8-41-32(39)27-25-21(14-18(2)28(40-7)29(25)42-19(3)36)15-23-26-22(31(38)43-33(4,5)6)16-24(30(37)35(23)27)34(26)17-20-12-10-9-11-13-20/h9-15,22,24,26-27H,8,16-17H2,1-7H3/t22-,24+,26+,27+/m1/s1. The Balaban J connectivity index is 1.74. The molecule has 2 aromatic rings. The maximum absolute atomic E-state index is 14.5. The molecule has 3 heterocycles. The number of methoxy groups -OCH3 is 1. The van der Waals surface area contributed by atoms with Crippen molar-refractivity contribution in [2.24, 2.45) is 5.92 Å². The number of hydrogen-bond acceptors (Lipinski definition) is 9. The molecule has 2 bridgehead atoms. The Hall–Kier alpha value is -4.18. The first-order valence-electron chi connectivity index (χ1n) is 14.5. The third-order valence-electron chi connectivity index (χ3n) is 7.92. The molecule has 2 aromatic carbocycles. The van der Waals surface area contributed by atoms with E-state index in [2.05, 4.69) is 0 Å². The summed E-state index contributed by atoms with van der Waals surface area (Å²) < 4.78 is 22.6. The van der Waals surface area contributed by atoms with Crippen LogP contribution < -0.4 is 9.47 Å². The van der Waals surface area contributed by atoms with Gasteiger partial charge in [0.1, 0.15) is 5.60 Å². The van der Waals surface area contributed by atoms with Gasteiger partial charge in [-0.3, -0.25) is 24.2 Å². The number of fused-ring (bicyclic) bond motifs is 5. The predicted octanol–water partition coefficient (Wildman–Crippen LogP) is 4.33. The van der Waals surface area contributed by atoms with E-state index < -0.39 is 47.6 Å². The van der Waals surface area contributed by atoms with Gasteiger partial charge in [0.15, 0.2) is 17.5 Å². The highest BCUT2D eigenvalue weighted by molar-refractivity contribution is 5.97. The Morgan fingerprint density at radius 1 is 1.05 bits per heavy atom. The Kier molecular flexibility index (Phi) is 8.09. The quantitative estimate of drug-likeness (QED) is 0.344. The van der Waals surface area contributed by atoms with Gasteiger partial charge in [0, 0.05) is 24.7 Å². The van der Waals surface area contributed by atoms with Crippen molar-refractivity contribution >= 4 is 29.9 Å². The van der Waals surface area contributed by atoms with Crippen LogP contribution in [-0.2, 0) is 35.2 Å². The Morgan fingerprint density at radius 3 is 2.35 bits per heavy atom. The smallest absolute Gasteiger partial charge is 0.334 e. The molecule has 228 valence electrons. The zero-order valence-electron chi connectivity index (χ0n) is 25.6. The molecule has 2 saturated heterocycles. The Labute approximate surface area is 251 Å². The van der Waals surface area contributed by atoms with Crippen molar-refractivity contribution in [3.8, 4) is 11.5 Å². The lowest BCUT2D eigenvalue weighted by Crippen LogP contribution is -2.59. The van der Waals surface area contributed by atoms with E-state index in [-0.39, 0.29) is 30.4 Å². The molecule has 0 saturated carbocycles. The molecule has 0 spiro atoms. The topological polar surface area (TPSA) is 112 Å².